The summed E-state index contributed by atoms with van der Waals surface area (Å²) < 4.78 is 33.0. The van der Waals surface area contributed by atoms with Gasteiger partial charge < -0.3 is 10.1 Å². The lowest BCUT2D eigenvalue weighted by molar-refractivity contribution is 0.0939. The number of hydrogen-bond donors (Lipinski definition) is 2. The van der Waals surface area contributed by atoms with Crippen molar-refractivity contribution in [3.63, 3.8) is 0 Å². The van der Waals surface area contributed by atoms with Crippen LogP contribution < -0.4 is 14.8 Å². The molecule has 0 bridgehead atoms. The molecule has 6 nitrogen and oxygen atoms in total. The van der Waals surface area contributed by atoms with E-state index in [-0.39, 0.29) is 28.1 Å². The molecule has 0 saturated carbocycles. The molecule has 0 heterocycles. The van der Waals surface area contributed by atoms with Gasteiger partial charge in [0.05, 0.1) is 17.7 Å². The van der Waals surface area contributed by atoms with Gasteiger partial charge in [-0.25, -0.2) is 8.42 Å². The average Bonchev–Trinajstić information content (AvgIpc) is 2.61. The molecule has 0 aliphatic heterocycles. The number of carbonyl (C=O) groups is 1. The van der Waals surface area contributed by atoms with Crippen LogP contribution in [0.3, 0.4) is 0 Å². The summed E-state index contributed by atoms with van der Waals surface area (Å²) in [7, 11) is -2.49. The highest BCUT2D eigenvalue weighted by molar-refractivity contribution is 7.92. The van der Waals surface area contributed by atoms with E-state index in [9.17, 15) is 13.2 Å². The Morgan fingerprint density at radius 3 is 2.62 bits per heavy atom. The van der Waals surface area contributed by atoms with E-state index < -0.39 is 10.0 Å². The molecule has 0 fully saturated rings. The van der Waals surface area contributed by atoms with E-state index in [2.05, 4.69) is 10.0 Å². The lowest BCUT2D eigenvalue weighted by Gasteiger charge is -2.14. The van der Waals surface area contributed by atoms with Crippen LogP contribution >= 0.6 is 11.6 Å². The fourth-order valence-electron chi connectivity index (χ4n) is 2.18. The van der Waals surface area contributed by atoms with Gasteiger partial charge in [0.15, 0.2) is 0 Å². The summed E-state index contributed by atoms with van der Waals surface area (Å²) in [4.78, 5) is 12.2. The third kappa shape index (κ3) is 4.89. The molecular formula is C18H21ClN2O4S. The van der Waals surface area contributed by atoms with Gasteiger partial charge in [-0.15, -0.1) is 0 Å². The van der Waals surface area contributed by atoms with Gasteiger partial charge in [0.25, 0.3) is 15.9 Å². The number of halogens is 1. The van der Waals surface area contributed by atoms with Crippen LogP contribution in [0.4, 0.5) is 5.69 Å². The van der Waals surface area contributed by atoms with Crippen molar-refractivity contribution in [2.75, 3.05) is 11.8 Å². The van der Waals surface area contributed by atoms with Gasteiger partial charge in [0.1, 0.15) is 5.75 Å². The van der Waals surface area contributed by atoms with Crippen molar-refractivity contribution in [1.29, 1.82) is 0 Å². The number of nitrogens with one attached hydrogen (secondary N) is 2. The van der Waals surface area contributed by atoms with Crippen molar-refractivity contribution in [3.05, 3.63) is 53.1 Å². The topological polar surface area (TPSA) is 84.5 Å². The normalized spacial score (nSPS) is 12.3. The predicted molar refractivity (Wildman–Crippen MR) is 102 cm³/mol. The number of hydrogen-bond acceptors (Lipinski definition) is 4. The van der Waals surface area contributed by atoms with E-state index in [1.165, 1.54) is 31.4 Å². The first-order valence-electron chi connectivity index (χ1n) is 8.04. The molecule has 2 N–H and O–H groups in total. The number of amides is 1. The van der Waals surface area contributed by atoms with Gasteiger partial charge in [-0.2, -0.15) is 0 Å². The van der Waals surface area contributed by atoms with Crippen LogP contribution in [-0.2, 0) is 10.0 Å². The standard InChI is InChI=1S/C18H21ClN2O4S/c1-4-12(2)20-18(22)13-6-5-7-15(10-13)26(23,24)21-16-11-14(19)8-9-17(16)25-3/h5-12,21H,4H2,1-3H3,(H,20,22). The minimum Gasteiger partial charge on any atom is -0.495 e. The molecule has 0 spiro atoms. The molecule has 8 heteroatoms. The zero-order valence-corrected chi connectivity index (χ0v) is 16.3. The van der Waals surface area contributed by atoms with Crippen LogP contribution in [0.25, 0.3) is 0 Å². The number of ether oxygens (including phenoxy) is 1. The number of benzene rings is 2. The Morgan fingerprint density at radius 2 is 1.96 bits per heavy atom. The first-order valence-corrected chi connectivity index (χ1v) is 9.90. The number of anilines is 1. The molecule has 2 aromatic carbocycles. The highest BCUT2D eigenvalue weighted by Crippen LogP contribution is 2.29. The first-order chi connectivity index (χ1) is 12.3. The monoisotopic (exact) mass is 396 g/mol. The highest BCUT2D eigenvalue weighted by Gasteiger charge is 2.19. The molecule has 2 rings (SSSR count). The van der Waals surface area contributed by atoms with E-state index in [1.54, 1.807) is 18.2 Å². The van der Waals surface area contributed by atoms with E-state index >= 15 is 0 Å². The maximum atomic E-state index is 12.7. The van der Waals surface area contributed by atoms with Gasteiger partial charge in [0.2, 0.25) is 0 Å². The fourth-order valence-corrected chi connectivity index (χ4v) is 3.46. The van der Waals surface area contributed by atoms with Crippen LogP contribution in [0, 0.1) is 0 Å². The van der Waals surface area contributed by atoms with Crippen molar-refractivity contribution in [2.24, 2.45) is 0 Å². The largest absolute Gasteiger partial charge is 0.495 e. The minimum absolute atomic E-state index is 0.00314. The third-order valence-electron chi connectivity index (χ3n) is 3.80. The lowest BCUT2D eigenvalue weighted by Crippen LogP contribution is -2.32. The summed E-state index contributed by atoms with van der Waals surface area (Å²) >= 11 is 5.93. The molecule has 0 aliphatic rings. The van der Waals surface area contributed by atoms with E-state index in [0.717, 1.165) is 6.42 Å². The molecular weight excluding hydrogens is 376 g/mol. The maximum Gasteiger partial charge on any atom is 0.262 e. The molecule has 0 aliphatic carbocycles. The van der Waals surface area contributed by atoms with Gasteiger partial charge in [0, 0.05) is 16.6 Å². The Labute approximate surface area is 158 Å². The molecule has 140 valence electrons. The number of sulfonamides is 1. The fraction of sp³-hybridized carbons (Fsp3) is 0.278. The summed E-state index contributed by atoms with van der Waals surface area (Å²) in [5, 5.41) is 3.17. The second-order valence-corrected chi connectivity index (χ2v) is 7.88. The second kappa shape index (κ2) is 8.42. The summed E-state index contributed by atoms with van der Waals surface area (Å²) in [6, 6.07) is 10.4. The Bertz CT molecular complexity index is 900. The summed E-state index contributed by atoms with van der Waals surface area (Å²) in [6.07, 6.45) is 0.778. The van der Waals surface area contributed by atoms with Gasteiger partial charge in [-0.1, -0.05) is 24.6 Å². The van der Waals surface area contributed by atoms with Crippen molar-refractivity contribution in [2.45, 2.75) is 31.2 Å². The van der Waals surface area contributed by atoms with Gasteiger partial charge >= 0.3 is 0 Å². The zero-order valence-electron chi connectivity index (χ0n) is 14.7. The van der Waals surface area contributed by atoms with Crippen LogP contribution in [0.2, 0.25) is 5.02 Å². The Hall–Kier alpha value is -2.25. The van der Waals surface area contributed by atoms with Gasteiger partial charge in [-0.3, -0.25) is 9.52 Å². The molecule has 0 aromatic heterocycles. The smallest absolute Gasteiger partial charge is 0.262 e. The van der Waals surface area contributed by atoms with Crippen molar-refractivity contribution in [1.82, 2.24) is 5.32 Å². The Kier molecular flexibility index (Phi) is 6.50. The molecule has 1 atom stereocenters. The van der Waals surface area contributed by atoms with Gasteiger partial charge in [-0.05, 0) is 49.7 Å². The molecule has 1 unspecified atom stereocenters. The van der Waals surface area contributed by atoms with Crippen LogP contribution in [-0.4, -0.2) is 27.5 Å². The van der Waals surface area contributed by atoms with E-state index in [1.807, 2.05) is 13.8 Å². The minimum atomic E-state index is -3.92. The van der Waals surface area contributed by atoms with Crippen molar-refractivity contribution >= 4 is 33.2 Å². The third-order valence-corrected chi connectivity index (χ3v) is 5.40. The summed E-state index contributed by atoms with van der Waals surface area (Å²) in [5.74, 6) is 0.0142. The van der Waals surface area contributed by atoms with Crippen molar-refractivity contribution < 1.29 is 17.9 Å². The van der Waals surface area contributed by atoms with E-state index in [4.69, 9.17) is 16.3 Å². The highest BCUT2D eigenvalue weighted by atomic mass is 35.5. The SMILES string of the molecule is CCC(C)NC(=O)c1cccc(S(=O)(=O)Nc2cc(Cl)ccc2OC)c1. The molecule has 1 amide bonds. The summed E-state index contributed by atoms with van der Waals surface area (Å²) in [6.45, 7) is 3.83. The number of carbonyl (C=O) groups excluding carboxylic acids is 1. The second-order valence-electron chi connectivity index (χ2n) is 5.76. The average molecular weight is 397 g/mol. The van der Waals surface area contributed by atoms with Crippen LogP contribution in [0.5, 0.6) is 5.75 Å². The zero-order chi connectivity index (χ0) is 19.3. The molecule has 0 saturated heterocycles. The quantitative estimate of drug-likeness (QED) is 0.747. The van der Waals surface area contributed by atoms with Crippen LogP contribution in [0.1, 0.15) is 30.6 Å². The molecule has 26 heavy (non-hydrogen) atoms. The van der Waals surface area contributed by atoms with Crippen molar-refractivity contribution in [3.8, 4) is 5.75 Å². The number of methoxy groups -OCH3 is 1. The maximum absolute atomic E-state index is 12.7. The molecule has 0 radical (unpaired) electrons. The first kappa shape index (κ1) is 20.1. The number of rotatable bonds is 7. The van der Waals surface area contributed by atoms with E-state index in [0.29, 0.717) is 10.8 Å². The van der Waals surface area contributed by atoms with Crippen LogP contribution in [0.15, 0.2) is 47.4 Å². The Morgan fingerprint density at radius 1 is 1.23 bits per heavy atom. The summed E-state index contributed by atoms with van der Waals surface area (Å²) in [5.41, 5.74) is 0.487. The Balaban J connectivity index is 2.31. The lowest BCUT2D eigenvalue weighted by atomic mass is 10.2. The molecule has 2 aromatic rings. The predicted octanol–water partition coefficient (Wildman–Crippen LogP) is 3.68.